The summed E-state index contributed by atoms with van der Waals surface area (Å²) >= 11 is 0. The van der Waals surface area contributed by atoms with Crippen molar-refractivity contribution in [1.82, 2.24) is 19.8 Å². The van der Waals surface area contributed by atoms with E-state index in [0.29, 0.717) is 0 Å². The number of nitrogens with zero attached hydrogens (tertiary/aromatic N) is 4. The van der Waals surface area contributed by atoms with Gasteiger partial charge in [0.1, 0.15) is 17.5 Å². The summed E-state index contributed by atoms with van der Waals surface area (Å²) in [6.45, 7) is 8.25. The van der Waals surface area contributed by atoms with E-state index in [1.54, 1.807) is 7.11 Å². The Labute approximate surface area is 173 Å². The van der Waals surface area contributed by atoms with E-state index in [2.05, 4.69) is 14.9 Å². The molecule has 0 spiro atoms. The summed E-state index contributed by atoms with van der Waals surface area (Å²) in [5, 5.41) is 0. The molecule has 4 rings (SSSR count). The van der Waals surface area contributed by atoms with Gasteiger partial charge >= 0.3 is 0 Å². The van der Waals surface area contributed by atoms with Gasteiger partial charge in [0.2, 0.25) is 5.88 Å². The number of methoxy groups -OCH3 is 1. The summed E-state index contributed by atoms with van der Waals surface area (Å²) < 4.78 is 12.0. The highest BCUT2D eigenvalue weighted by Gasteiger charge is 2.44. The Morgan fingerprint density at radius 2 is 1.79 bits per heavy atom. The number of aryl methyl sites for hydroxylation is 2. The smallest absolute Gasteiger partial charge is 0.254 e. The van der Waals surface area contributed by atoms with E-state index in [0.717, 1.165) is 87.8 Å². The number of hydrogen-bond acceptors (Lipinski definition) is 6. The van der Waals surface area contributed by atoms with Gasteiger partial charge in [0, 0.05) is 57.5 Å². The molecule has 1 aromatic rings. The first-order valence-corrected chi connectivity index (χ1v) is 11.1. The average Bonchev–Trinajstić information content (AvgIpc) is 2.93. The van der Waals surface area contributed by atoms with E-state index < -0.39 is 5.60 Å². The lowest BCUT2D eigenvalue weighted by Crippen LogP contribution is -2.57. The molecule has 0 aromatic carbocycles. The Morgan fingerprint density at radius 1 is 1.10 bits per heavy atom. The summed E-state index contributed by atoms with van der Waals surface area (Å²) in [5.74, 6) is 1.71. The van der Waals surface area contributed by atoms with Crippen LogP contribution in [-0.4, -0.2) is 77.2 Å². The fraction of sp³-hybridized carbons (Fsp3) is 0.773. The van der Waals surface area contributed by atoms with Crippen LogP contribution in [0.25, 0.3) is 0 Å². The lowest BCUT2D eigenvalue weighted by Gasteiger charge is -2.42. The monoisotopic (exact) mass is 402 g/mol. The number of aromatic nitrogens is 2. The molecule has 0 aliphatic carbocycles. The molecule has 1 amide bonds. The Balaban J connectivity index is 1.34. The fourth-order valence-electron chi connectivity index (χ4n) is 5.02. The van der Waals surface area contributed by atoms with Crippen molar-refractivity contribution in [3.63, 3.8) is 0 Å². The summed E-state index contributed by atoms with van der Waals surface area (Å²) in [5.41, 5.74) is 1.51. The van der Waals surface area contributed by atoms with Crippen molar-refractivity contribution in [3.05, 3.63) is 17.1 Å². The van der Waals surface area contributed by atoms with Gasteiger partial charge in [0.15, 0.2) is 0 Å². The molecule has 1 atom stereocenters. The second-order valence-electron chi connectivity index (χ2n) is 8.79. The molecule has 1 unspecified atom stereocenters. The summed E-state index contributed by atoms with van der Waals surface area (Å²) in [4.78, 5) is 26.6. The van der Waals surface area contributed by atoms with E-state index in [9.17, 15) is 4.79 Å². The number of carbonyl (C=O) groups is 1. The van der Waals surface area contributed by atoms with E-state index in [-0.39, 0.29) is 12.0 Å². The van der Waals surface area contributed by atoms with Crippen LogP contribution in [0.4, 0.5) is 0 Å². The first-order valence-electron chi connectivity index (χ1n) is 11.1. The Bertz CT molecular complexity index is 738. The van der Waals surface area contributed by atoms with Crippen molar-refractivity contribution >= 4 is 5.91 Å². The van der Waals surface area contributed by atoms with Crippen molar-refractivity contribution < 1.29 is 14.3 Å². The van der Waals surface area contributed by atoms with Crippen LogP contribution in [-0.2, 0) is 16.0 Å². The van der Waals surface area contributed by atoms with Crippen LogP contribution in [0.2, 0.25) is 0 Å². The molecule has 2 saturated heterocycles. The number of rotatable bonds is 4. The van der Waals surface area contributed by atoms with Crippen LogP contribution in [0.1, 0.15) is 55.6 Å². The largest absolute Gasteiger partial charge is 0.472 e. The number of carbonyl (C=O) groups excluding carboxylic acids is 1. The van der Waals surface area contributed by atoms with Crippen LogP contribution >= 0.6 is 0 Å². The van der Waals surface area contributed by atoms with Gasteiger partial charge in [0.25, 0.3) is 5.91 Å². The summed E-state index contributed by atoms with van der Waals surface area (Å²) in [6.07, 6.45) is 7.14. The highest BCUT2D eigenvalue weighted by Crippen LogP contribution is 2.32. The number of likely N-dealkylation sites (tertiary alicyclic amines) is 2. The molecule has 29 heavy (non-hydrogen) atoms. The highest BCUT2D eigenvalue weighted by atomic mass is 16.5. The molecule has 0 radical (unpaired) electrons. The number of fused-ring (bicyclic) bond motifs is 1. The molecular weight excluding hydrogens is 368 g/mol. The van der Waals surface area contributed by atoms with Gasteiger partial charge in [-0.3, -0.25) is 9.69 Å². The number of piperidine rings is 1. The zero-order chi connectivity index (χ0) is 20.4. The minimum Gasteiger partial charge on any atom is -0.472 e. The zero-order valence-corrected chi connectivity index (χ0v) is 18.1. The maximum Gasteiger partial charge on any atom is 0.254 e. The number of hydrogen-bond donors (Lipinski definition) is 0. The second kappa shape index (κ2) is 8.56. The highest BCUT2D eigenvalue weighted by molar-refractivity contribution is 5.85. The first kappa shape index (κ1) is 20.5. The van der Waals surface area contributed by atoms with Gasteiger partial charge in [0.05, 0.1) is 0 Å². The number of amides is 1. The Kier molecular flexibility index (Phi) is 6.06. The SMILES string of the molecule is COC1(C(=O)N2CCCCCC2)CCN(CC2Cc3c(C)nc(C)nc3O2)CC1. The van der Waals surface area contributed by atoms with Crippen LogP contribution in [0.3, 0.4) is 0 Å². The third-order valence-electron chi connectivity index (χ3n) is 6.80. The number of ether oxygens (including phenoxy) is 2. The molecule has 7 nitrogen and oxygen atoms in total. The molecule has 0 N–H and O–H groups in total. The van der Waals surface area contributed by atoms with Gasteiger partial charge in [-0.25, -0.2) is 4.98 Å². The first-order chi connectivity index (χ1) is 14.0. The molecule has 0 bridgehead atoms. The molecule has 160 valence electrons. The van der Waals surface area contributed by atoms with Gasteiger partial charge in [-0.05, 0) is 39.5 Å². The average molecular weight is 403 g/mol. The molecule has 4 heterocycles. The van der Waals surface area contributed by atoms with E-state index in [1.807, 2.05) is 18.7 Å². The second-order valence-corrected chi connectivity index (χ2v) is 8.79. The van der Waals surface area contributed by atoms with Crippen molar-refractivity contribution in [2.75, 3.05) is 39.8 Å². The maximum atomic E-state index is 13.3. The molecular formula is C22H34N4O3. The van der Waals surface area contributed by atoms with Gasteiger partial charge in [-0.2, -0.15) is 4.98 Å². The van der Waals surface area contributed by atoms with Crippen molar-refractivity contribution in [2.45, 2.75) is 70.5 Å². The predicted octanol–water partition coefficient (Wildman–Crippen LogP) is 2.28. The summed E-state index contributed by atoms with van der Waals surface area (Å²) in [7, 11) is 1.70. The van der Waals surface area contributed by atoms with E-state index >= 15 is 0 Å². The third-order valence-corrected chi connectivity index (χ3v) is 6.80. The molecule has 1 aromatic heterocycles. The van der Waals surface area contributed by atoms with Crippen molar-refractivity contribution in [3.8, 4) is 5.88 Å². The minimum absolute atomic E-state index is 0.108. The topological polar surface area (TPSA) is 67.8 Å². The van der Waals surface area contributed by atoms with Crippen LogP contribution in [0.15, 0.2) is 0 Å². The lowest BCUT2D eigenvalue weighted by molar-refractivity contribution is -0.161. The fourth-order valence-corrected chi connectivity index (χ4v) is 5.02. The van der Waals surface area contributed by atoms with Crippen molar-refractivity contribution in [1.29, 1.82) is 0 Å². The van der Waals surface area contributed by atoms with Gasteiger partial charge in [-0.15, -0.1) is 0 Å². The van der Waals surface area contributed by atoms with Crippen LogP contribution < -0.4 is 4.74 Å². The van der Waals surface area contributed by atoms with Crippen LogP contribution in [0, 0.1) is 13.8 Å². The zero-order valence-electron chi connectivity index (χ0n) is 18.1. The van der Waals surface area contributed by atoms with Gasteiger partial charge in [-0.1, -0.05) is 12.8 Å². The van der Waals surface area contributed by atoms with Gasteiger partial charge < -0.3 is 14.4 Å². The van der Waals surface area contributed by atoms with E-state index in [4.69, 9.17) is 9.47 Å². The molecule has 2 fully saturated rings. The predicted molar refractivity (Wildman–Crippen MR) is 110 cm³/mol. The maximum absolute atomic E-state index is 13.3. The van der Waals surface area contributed by atoms with Crippen LogP contribution in [0.5, 0.6) is 5.88 Å². The van der Waals surface area contributed by atoms with Crippen molar-refractivity contribution in [2.24, 2.45) is 0 Å². The quantitative estimate of drug-likeness (QED) is 0.770. The minimum atomic E-state index is -0.653. The third kappa shape index (κ3) is 4.26. The Morgan fingerprint density at radius 3 is 2.45 bits per heavy atom. The molecule has 3 aliphatic heterocycles. The normalized spacial score (nSPS) is 24.7. The molecule has 0 saturated carbocycles. The molecule has 7 heteroatoms. The standard InChI is InChI=1S/C22H34N4O3/c1-16-19-14-18(29-20(19)24-17(2)23-16)15-25-12-8-22(28-3,9-13-25)21(27)26-10-6-4-5-7-11-26/h18H,4-15H2,1-3H3. The van der Waals surface area contributed by atoms with E-state index in [1.165, 1.54) is 12.8 Å². The molecule has 3 aliphatic rings. The Hall–Kier alpha value is -1.73. The lowest BCUT2D eigenvalue weighted by atomic mass is 9.89. The summed E-state index contributed by atoms with van der Waals surface area (Å²) in [6, 6.07) is 0.